The maximum atomic E-state index is 12.8. The van der Waals surface area contributed by atoms with Crippen LogP contribution in [0.4, 0.5) is 0 Å². The van der Waals surface area contributed by atoms with Gasteiger partial charge in [-0.3, -0.25) is 14.4 Å². The molecular weight excluding hydrogens is 805 g/mol. The Labute approximate surface area is 401 Å². The highest BCUT2D eigenvalue weighted by molar-refractivity contribution is 5.71. The van der Waals surface area contributed by atoms with Gasteiger partial charge in [-0.05, 0) is 109 Å². The van der Waals surface area contributed by atoms with Crippen LogP contribution in [0.15, 0.2) is 85.1 Å². The van der Waals surface area contributed by atoms with Crippen LogP contribution in [0.5, 0.6) is 0 Å². The maximum Gasteiger partial charge on any atom is 0.306 e. The number of rotatable bonds is 48. The summed E-state index contributed by atoms with van der Waals surface area (Å²) in [6.07, 6.45) is 68.4. The summed E-state index contributed by atoms with van der Waals surface area (Å²) in [6, 6.07) is 0. The van der Waals surface area contributed by atoms with E-state index in [2.05, 4.69) is 106 Å². The number of carbonyl (C=O) groups is 3. The van der Waals surface area contributed by atoms with Crippen molar-refractivity contribution < 1.29 is 28.6 Å². The molecule has 0 amide bonds. The van der Waals surface area contributed by atoms with E-state index in [1.807, 2.05) is 0 Å². The molecule has 6 nitrogen and oxygen atoms in total. The minimum Gasteiger partial charge on any atom is -0.462 e. The number of unbranched alkanes of at least 4 members (excludes halogenated alkanes) is 23. The van der Waals surface area contributed by atoms with E-state index in [9.17, 15) is 14.4 Å². The Morgan fingerprint density at radius 1 is 0.323 bits per heavy atom. The first-order valence-corrected chi connectivity index (χ1v) is 27.1. The highest BCUT2D eigenvalue weighted by Gasteiger charge is 2.19. The first-order chi connectivity index (χ1) is 32.0. The first-order valence-electron chi connectivity index (χ1n) is 27.1. The molecule has 0 aliphatic rings. The van der Waals surface area contributed by atoms with E-state index in [-0.39, 0.29) is 31.1 Å². The van der Waals surface area contributed by atoms with Crippen LogP contribution in [0.3, 0.4) is 0 Å². The molecule has 0 aliphatic heterocycles. The predicted octanol–water partition coefficient (Wildman–Crippen LogP) is 18.0. The molecule has 0 fully saturated rings. The van der Waals surface area contributed by atoms with Gasteiger partial charge in [0.05, 0.1) is 0 Å². The molecule has 0 aliphatic carbocycles. The van der Waals surface area contributed by atoms with Gasteiger partial charge in [0.1, 0.15) is 13.2 Å². The van der Waals surface area contributed by atoms with E-state index < -0.39 is 6.10 Å². The highest BCUT2D eigenvalue weighted by Crippen LogP contribution is 2.14. The van der Waals surface area contributed by atoms with Gasteiger partial charge in [0.2, 0.25) is 0 Å². The summed E-state index contributed by atoms with van der Waals surface area (Å²) in [4.78, 5) is 38.1. The lowest BCUT2D eigenvalue weighted by Gasteiger charge is -2.18. The van der Waals surface area contributed by atoms with Crippen molar-refractivity contribution in [3.05, 3.63) is 85.1 Å². The lowest BCUT2D eigenvalue weighted by molar-refractivity contribution is -0.167. The summed E-state index contributed by atoms with van der Waals surface area (Å²) in [7, 11) is 0. The van der Waals surface area contributed by atoms with E-state index in [4.69, 9.17) is 14.2 Å². The fraction of sp³-hybridized carbons (Fsp3) is 0.712. The third-order valence-corrected chi connectivity index (χ3v) is 11.4. The van der Waals surface area contributed by atoms with Crippen LogP contribution < -0.4 is 0 Å². The Bertz CT molecular complexity index is 1270. The number of esters is 3. The Hall–Kier alpha value is -3.41. The summed E-state index contributed by atoms with van der Waals surface area (Å²) in [6.45, 7) is 6.44. The minimum atomic E-state index is -0.794. The van der Waals surface area contributed by atoms with Crippen LogP contribution in [-0.2, 0) is 28.6 Å². The Morgan fingerprint density at radius 3 is 0.985 bits per heavy atom. The molecule has 0 spiro atoms. The normalized spacial score (nSPS) is 12.7. The van der Waals surface area contributed by atoms with Crippen molar-refractivity contribution in [1.29, 1.82) is 0 Å². The molecule has 0 aromatic rings. The van der Waals surface area contributed by atoms with E-state index in [0.717, 1.165) is 135 Å². The molecule has 65 heavy (non-hydrogen) atoms. The number of hydrogen-bond acceptors (Lipinski definition) is 6. The lowest BCUT2D eigenvalue weighted by Crippen LogP contribution is -2.30. The molecule has 0 aromatic carbocycles. The fourth-order valence-corrected chi connectivity index (χ4v) is 7.27. The fourth-order valence-electron chi connectivity index (χ4n) is 7.27. The van der Waals surface area contributed by atoms with Crippen LogP contribution in [0.25, 0.3) is 0 Å². The topological polar surface area (TPSA) is 78.9 Å². The molecule has 372 valence electrons. The summed E-state index contributed by atoms with van der Waals surface area (Å²) < 4.78 is 16.8. The van der Waals surface area contributed by atoms with Crippen LogP contribution in [0, 0.1) is 0 Å². The quantitative estimate of drug-likeness (QED) is 0.0262. The van der Waals surface area contributed by atoms with Crippen LogP contribution >= 0.6 is 0 Å². The van der Waals surface area contributed by atoms with Gasteiger partial charge < -0.3 is 14.2 Å². The molecule has 1 unspecified atom stereocenters. The Balaban J connectivity index is 4.45. The van der Waals surface area contributed by atoms with Crippen molar-refractivity contribution in [2.45, 2.75) is 258 Å². The van der Waals surface area contributed by atoms with E-state index in [1.165, 1.54) is 77.0 Å². The Kier molecular flexibility index (Phi) is 50.4. The number of carbonyl (C=O) groups excluding carboxylic acids is 3. The van der Waals surface area contributed by atoms with Crippen molar-refractivity contribution in [3.8, 4) is 0 Å². The van der Waals surface area contributed by atoms with Crippen molar-refractivity contribution in [2.75, 3.05) is 13.2 Å². The van der Waals surface area contributed by atoms with Gasteiger partial charge in [-0.1, -0.05) is 209 Å². The largest absolute Gasteiger partial charge is 0.462 e. The lowest BCUT2D eigenvalue weighted by atomic mass is 10.1. The minimum absolute atomic E-state index is 0.0925. The SMILES string of the molecule is CC/C=C\C/C=C\C/C=C\CCCCCCCCCC(=O)OCC(COC(=O)CCCCCCC/C=C\C/C=C\CCCC)OC(=O)CCCCCCC/C=C\C/C=C\CCCCCC. The molecule has 0 saturated carbocycles. The van der Waals surface area contributed by atoms with Crippen LogP contribution in [0.2, 0.25) is 0 Å². The molecule has 6 heteroatoms. The summed E-state index contributed by atoms with van der Waals surface area (Å²) >= 11 is 0. The van der Waals surface area contributed by atoms with Gasteiger partial charge in [-0.2, -0.15) is 0 Å². The molecule has 0 radical (unpaired) electrons. The molecule has 0 aromatic heterocycles. The van der Waals surface area contributed by atoms with Crippen molar-refractivity contribution in [2.24, 2.45) is 0 Å². The first kappa shape index (κ1) is 61.6. The second-order valence-electron chi connectivity index (χ2n) is 17.7. The zero-order chi connectivity index (χ0) is 47.2. The summed E-state index contributed by atoms with van der Waals surface area (Å²) in [5.74, 6) is -0.928. The van der Waals surface area contributed by atoms with E-state index in [0.29, 0.717) is 19.3 Å². The van der Waals surface area contributed by atoms with Gasteiger partial charge in [0.15, 0.2) is 6.10 Å². The van der Waals surface area contributed by atoms with E-state index in [1.54, 1.807) is 0 Å². The van der Waals surface area contributed by atoms with Crippen LogP contribution in [0.1, 0.15) is 252 Å². The third kappa shape index (κ3) is 51.4. The molecule has 0 bridgehead atoms. The van der Waals surface area contributed by atoms with Gasteiger partial charge in [-0.15, -0.1) is 0 Å². The number of hydrogen-bond donors (Lipinski definition) is 0. The number of ether oxygens (including phenoxy) is 3. The molecular formula is C59H100O6. The third-order valence-electron chi connectivity index (χ3n) is 11.4. The zero-order valence-electron chi connectivity index (χ0n) is 42.5. The molecule has 1 atom stereocenters. The molecule has 0 N–H and O–H groups in total. The number of allylic oxidation sites excluding steroid dienone is 14. The maximum absolute atomic E-state index is 12.8. The van der Waals surface area contributed by atoms with Gasteiger partial charge >= 0.3 is 17.9 Å². The van der Waals surface area contributed by atoms with Crippen molar-refractivity contribution >= 4 is 17.9 Å². The zero-order valence-corrected chi connectivity index (χ0v) is 42.5. The average Bonchev–Trinajstić information content (AvgIpc) is 3.30. The summed E-state index contributed by atoms with van der Waals surface area (Å²) in [5.41, 5.74) is 0. The van der Waals surface area contributed by atoms with E-state index >= 15 is 0 Å². The van der Waals surface area contributed by atoms with Gasteiger partial charge in [-0.25, -0.2) is 0 Å². The smallest absolute Gasteiger partial charge is 0.306 e. The molecule has 0 saturated heterocycles. The second kappa shape index (κ2) is 53.2. The Morgan fingerprint density at radius 2 is 0.615 bits per heavy atom. The molecule has 0 heterocycles. The monoisotopic (exact) mass is 905 g/mol. The second-order valence-corrected chi connectivity index (χ2v) is 17.7. The summed E-state index contributed by atoms with van der Waals surface area (Å²) in [5, 5.41) is 0. The average molecular weight is 905 g/mol. The van der Waals surface area contributed by atoms with Crippen molar-refractivity contribution in [3.63, 3.8) is 0 Å². The standard InChI is InChI=1S/C59H100O6/c1-4-7-10-13-16-19-22-25-28-30-32-34-37-40-43-46-49-52-58(61)64-55-56(54-63-57(60)51-48-45-42-39-36-33-27-24-21-18-15-12-9-6-3)65-59(62)53-50-47-44-41-38-35-31-29-26-23-20-17-14-11-8-5-2/h7,10,15-16,18-20,23-25,27-29,31,56H,4-6,8-9,11-14,17,21-22,26,30,32-55H2,1-3H3/b10-7-,18-15-,19-16-,23-20-,27-24-,28-25-,31-29-. The van der Waals surface area contributed by atoms with Gasteiger partial charge in [0.25, 0.3) is 0 Å². The van der Waals surface area contributed by atoms with Crippen molar-refractivity contribution in [1.82, 2.24) is 0 Å². The molecule has 0 rings (SSSR count). The highest BCUT2D eigenvalue weighted by atomic mass is 16.6. The van der Waals surface area contributed by atoms with Gasteiger partial charge in [0, 0.05) is 19.3 Å². The predicted molar refractivity (Wildman–Crippen MR) is 279 cm³/mol. The van der Waals surface area contributed by atoms with Crippen LogP contribution in [-0.4, -0.2) is 37.2 Å².